The number of ether oxygens (including phenoxy) is 2. The van der Waals surface area contributed by atoms with Crippen LogP contribution in [0.25, 0.3) is 28.6 Å². The molecule has 0 aliphatic heterocycles. The Labute approximate surface area is 154 Å². The molecule has 0 radical (unpaired) electrons. The number of hydrogen-bond acceptors (Lipinski definition) is 3. The van der Waals surface area contributed by atoms with Crippen LogP contribution in [0.3, 0.4) is 0 Å². The Morgan fingerprint density at radius 2 is 1.46 bits per heavy atom. The molecule has 0 amide bonds. The first-order chi connectivity index (χ1) is 12.7. The minimum Gasteiger partial charge on any atom is -0.497 e. The second kappa shape index (κ2) is 8.39. The number of aromatic amines is 1. The van der Waals surface area contributed by atoms with E-state index in [0.717, 1.165) is 52.7 Å². The number of rotatable bonds is 7. The van der Waals surface area contributed by atoms with Gasteiger partial charge in [0.15, 0.2) is 0 Å². The number of hydrogen-bond donors (Lipinski definition) is 1. The maximum atomic E-state index is 5.27. The van der Waals surface area contributed by atoms with Gasteiger partial charge in [-0.05, 0) is 61.0 Å². The Balaban J connectivity index is 2.04. The van der Waals surface area contributed by atoms with E-state index in [2.05, 4.69) is 18.0 Å². The number of imidazole rings is 1. The molecule has 3 rings (SSSR count). The number of methoxy groups -OCH3 is 2. The van der Waals surface area contributed by atoms with Gasteiger partial charge in [0.2, 0.25) is 0 Å². The van der Waals surface area contributed by atoms with Crippen molar-refractivity contribution < 1.29 is 9.47 Å². The topological polar surface area (TPSA) is 47.1 Å². The van der Waals surface area contributed by atoms with Gasteiger partial charge in [0.25, 0.3) is 0 Å². The summed E-state index contributed by atoms with van der Waals surface area (Å²) in [5, 5.41) is 0. The van der Waals surface area contributed by atoms with Crippen LogP contribution in [-0.2, 0) is 0 Å². The van der Waals surface area contributed by atoms with E-state index in [1.54, 1.807) is 14.2 Å². The van der Waals surface area contributed by atoms with Crippen molar-refractivity contribution in [1.29, 1.82) is 0 Å². The van der Waals surface area contributed by atoms with Crippen LogP contribution in [0.4, 0.5) is 0 Å². The van der Waals surface area contributed by atoms with E-state index >= 15 is 0 Å². The van der Waals surface area contributed by atoms with Crippen LogP contribution in [0.2, 0.25) is 0 Å². The molecule has 0 saturated heterocycles. The minimum atomic E-state index is 0.832. The molecule has 4 nitrogen and oxygen atoms in total. The van der Waals surface area contributed by atoms with Gasteiger partial charge in [0.1, 0.15) is 17.3 Å². The van der Waals surface area contributed by atoms with Gasteiger partial charge in [0, 0.05) is 11.1 Å². The van der Waals surface area contributed by atoms with Crippen molar-refractivity contribution in [3.63, 3.8) is 0 Å². The van der Waals surface area contributed by atoms with Crippen LogP contribution in [-0.4, -0.2) is 24.2 Å². The number of benzene rings is 2. The van der Waals surface area contributed by atoms with E-state index in [1.165, 1.54) is 0 Å². The van der Waals surface area contributed by atoms with Crippen molar-refractivity contribution in [2.45, 2.75) is 19.8 Å². The van der Waals surface area contributed by atoms with Gasteiger partial charge >= 0.3 is 0 Å². The lowest BCUT2D eigenvalue weighted by Gasteiger charge is -2.06. The Bertz CT molecular complexity index is 797. The van der Waals surface area contributed by atoms with Crippen LogP contribution in [0.15, 0.2) is 54.6 Å². The summed E-state index contributed by atoms with van der Waals surface area (Å²) in [6.07, 6.45) is 6.35. The quantitative estimate of drug-likeness (QED) is 0.607. The lowest BCUT2D eigenvalue weighted by atomic mass is 10.0. The van der Waals surface area contributed by atoms with Crippen molar-refractivity contribution >= 4 is 6.08 Å². The molecule has 0 aliphatic carbocycles. The zero-order chi connectivity index (χ0) is 18.4. The first kappa shape index (κ1) is 17.8. The summed E-state index contributed by atoms with van der Waals surface area (Å²) >= 11 is 0. The minimum absolute atomic E-state index is 0.832. The van der Waals surface area contributed by atoms with Gasteiger partial charge in [-0.15, -0.1) is 0 Å². The highest BCUT2D eigenvalue weighted by atomic mass is 16.5. The Morgan fingerprint density at radius 3 is 2.00 bits per heavy atom. The number of unbranched alkanes of at least 4 members (excludes halogenated alkanes) is 1. The van der Waals surface area contributed by atoms with Crippen molar-refractivity contribution in [2.24, 2.45) is 0 Å². The number of nitrogens with zero attached hydrogens (tertiary/aromatic N) is 1. The molecule has 0 saturated carbocycles. The van der Waals surface area contributed by atoms with Crippen LogP contribution < -0.4 is 9.47 Å². The standard InChI is InChI=1S/C22H24N2O2/c1-4-5-6-7-20-23-21(16-8-12-18(25-2)13-9-16)22(24-20)17-10-14-19(26-3)15-11-17/h6-15H,4-5H2,1-3H3,(H,23,24)/b7-6-. The van der Waals surface area contributed by atoms with E-state index < -0.39 is 0 Å². The fraction of sp³-hybridized carbons (Fsp3) is 0.227. The number of nitrogens with one attached hydrogen (secondary N) is 1. The monoisotopic (exact) mass is 348 g/mol. The van der Waals surface area contributed by atoms with Gasteiger partial charge in [-0.2, -0.15) is 0 Å². The highest BCUT2D eigenvalue weighted by molar-refractivity contribution is 5.80. The Hall–Kier alpha value is -3.01. The first-order valence-corrected chi connectivity index (χ1v) is 8.80. The molecular formula is C22H24N2O2. The molecule has 1 heterocycles. The molecule has 0 aliphatic rings. The average molecular weight is 348 g/mol. The largest absolute Gasteiger partial charge is 0.497 e. The van der Waals surface area contributed by atoms with E-state index in [9.17, 15) is 0 Å². The lowest BCUT2D eigenvalue weighted by Crippen LogP contribution is -1.87. The van der Waals surface area contributed by atoms with E-state index in [1.807, 2.05) is 54.6 Å². The zero-order valence-electron chi connectivity index (χ0n) is 15.5. The number of aromatic nitrogens is 2. The third kappa shape index (κ3) is 3.97. The van der Waals surface area contributed by atoms with E-state index in [0.29, 0.717) is 0 Å². The maximum Gasteiger partial charge on any atom is 0.130 e. The van der Waals surface area contributed by atoms with Gasteiger partial charge in [-0.25, -0.2) is 4.98 Å². The van der Waals surface area contributed by atoms with Crippen LogP contribution >= 0.6 is 0 Å². The molecule has 1 N–H and O–H groups in total. The van der Waals surface area contributed by atoms with Crippen LogP contribution in [0, 0.1) is 0 Å². The SMILES string of the molecule is CCC/C=C\c1nc(-c2ccc(OC)cc2)c(-c2ccc(OC)cc2)[nH]1. The van der Waals surface area contributed by atoms with Crippen molar-refractivity contribution in [1.82, 2.24) is 9.97 Å². The molecule has 4 heteroatoms. The summed E-state index contributed by atoms with van der Waals surface area (Å²) < 4.78 is 10.5. The number of allylic oxidation sites excluding steroid dienone is 1. The smallest absolute Gasteiger partial charge is 0.130 e. The summed E-state index contributed by atoms with van der Waals surface area (Å²) in [4.78, 5) is 8.26. The van der Waals surface area contributed by atoms with Crippen LogP contribution in [0.5, 0.6) is 11.5 Å². The van der Waals surface area contributed by atoms with Gasteiger partial charge in [-0.3, -0.25) is 0 Å². The predicted octanol–water partition coefficient (Wildman–Crippen LogP) is 5.57. The molecule has 0 fully saturated rings. The molecule has 26 heavy (non-hydrogen) atoms. The summed E-state index contributed by atoms with van der Waals surface area (Å²) in [6.45, 7) is 2.16. The second-order valence-electron chi connectivity index (χ2n) is 5.99. The maximum absolute atomic E-state index is 5.27. The predicted molar refractivity (Wildman–Crippen MR) is 107 cm³/mol. The molecule has 0 unspecified atom stereocenters. The molecule has 1 aromatic heterocycles. The Kier molecular flexibility index (Phi) is 5.74. The third-order valence-corrected chi connectivity index (χ3v) is 4.20. The molecule has 0 spiro atoms. The molecular weight excluding hydrogens is 324 g/mol. The fourth-order valence-corrected chi connectivity index (χ4v) is 2.76. The summed E-state index contributed by atoms with van der Waals surface area (Å²) in [7, 11) is 3.34. The number of H-pyrrole nitrogens is 1. The summed E-state index contributed by atoms with van der Waals surface area (Å²) in [5.41, 5.74) is 4.03. The van der Waals surface area contributed by atoms with E-state index in [4.69, 9.17) is 14.5 Å². The van der Waals surface area contributed by atoms with Gasteiger partial charge < -0.3 is 14.5 Å². The lowest BCUT2D eigenvalue weighted by molar-refractivity contribution is 0.414. The average Bonchev–Trinajstić information content (AvgIpc) is 3.12. The van der Waals surface area contributed by atoms with Gasteiger partial charge in [-0.1, -0.05) is 19.4 Å². The highest BCUT2D eigenvalue weighted by Gasteiger charge is 2.13. The third-order valence-electron chi connectivity index (χ3n) is 4.20. The van der Waals surface area contributed by atoms with Gasteiger partial charge in [0.05, 0.1) is 25.6 Å². The van der Waals surface area contributed by atoms with Crippen molar-refractivity contribution in [2.75, 3.05) is 14.2 Å². The molecule has 2 aromatic carbocycles. The molecule has 134 valence electrons. The highest BCUT2D eigenvalue weighted by Crippen LogP contribution is 2.32. The molecule has 0 atom stereocenters. The summed E-state index contributed by atoms with van der Waals surface area (Å²) in [6, 6.07) is 16.0. The van der Waals surface area contributed by atoms with Crippen LogP contribution in [0.1, 0.15) is 25.6 Å². The molecule has 3 aromatic rings. The molecule has 0 bridgehead atoms. The van der Waals surface area contributed by atoms with Crippen molar-refractivity contribution in [3.8, 4) is 34.0 Å². The van der Waals surface area contributed by atoms with Crippen molar-refractivity contribution in [3.05, 3.63) is 60.4 Å². The first-order valence-electron chi connectivity index (χ1n) is 8.80. The zero-order valence-corrected chi connectivity index (χ0v) is 15.5. The summed E-state index contributed by atoms with van der Waals surface area (Å²) in [5.74, 6) is 2.52. The fourth-order valence-electron chi connectivity index (χ4n) is 2.76. The van der Waals surface area contributed by atoms with E-state index in [-0.39, 0.29) is 0 Å². The Morgan fingerprint density at radius 1 is 0.885 bits per heavy atom. The second-order valence-corrected chi connectivity index (χ2v) is 5.99. The normalized spacial score (nSPS) is 11.0.